The Morgan fingerprint density at radius 1 is 1.15 bits per heavy atom. The van der Waals surface area contributed by atoms with Crippen molar-refractivity contribution >= 4 is 5.90 Å². The van der Waals surface area contributed by atoms with Crippen LogP contribution in [0.4, 0.5) is 0 Å². The highest BCUT2D eigenvalue weighted by molar-refractivity contribution is 5.84. The van der Waals surface area contributed by atoms with Crippen LogP contribution in [0.3, 0.4) is 0 Å². The van der Waals surface area contributed by atoms with E-state index in [4.69, 9.17) is 9.73 Å². The van der Waals surface area contributed by atoms with Crippen LogP contribution in [0.1, 0.15) is 64.7 Å². The molecule has 0 aromatic carbocycles. The van der Waals surface area contributed by atoms with Gasteiger partial charge in [-0.25, -0.2) is 0 Å². The van der Waals surface area contributed by atoms with Gasteiger partial charge >= 0.3 is 0 Å². The molecule has 0 atom stereocenters. The SMILES string of the molecule is CCCCC1=CCN=C(C23CC4CC(CC(C4)C2)C3)O1. The fourth-order valence-electron chi connectivity index (χ4n) is 5.58. The van der Waals surface area contributed by atoms with E-state index in [9.17, 15) is 0 Å². The lowest BCUT2D eigenvalue weighted by molar-refractivity contribution is -0.0228. The van der Waals surface area contributed by atoms with Gasteiger partial charge in [-0.2, -0.15) is 0 Å². The van der Waals surface area contributed by atoms with Gasteiger partial charge in [0, 0.05) is 11.8 Å². The Labute approximate surface area is 122 Å². The van der Waals surface area contributed by atoms with Crippen molar-refractivity contribution < 1.29 is 4.74 Å². The molecule has 20 heavy (non-hydrogen) atoms. The van der Waals surface area contributed by atoms with Crippen molar-refractivity contribution in [1.82, 2.24) is 0 Å². The number of allylic oxidation sites excluding steroid dienone is 1. The molecule has 5 rings (SSSR count). The molecule has 4 saturated carbocycles. The average Bonchev–Trinajstić information content (AvgIpc) is 2.44. The van der Waals surface area contributed by atoms with E-state index in [1.807, 2.05) is 0 Å². The first kappa shape index (κ1) is 12.9. The van der Waals surface area contributed by atoms with Crippen LogP contribution in [0, 0.1) is 23.2 Å². The third kappa shape index (κ3) is 2.12. The van der Waals surface area contributed by atoms with E-state index >= 15 is 0 Å². The number of hydrogen-bond donors (Lipinski definition) is 0. The molecule has 0 N–H and O–H groups in total. The summed E-state index contributed by atoms with van der Waals surface area (Å²) in [5.41, 5.74) is 0.334. The molecule has 1 heterocycles. The van der Waals surface area contributed by atoms with Gasteiger partial charge in [-0.1, -0.05) is 13.3 Å². The Kier molecular flexibility index (Phi) is 3.16. The molecule has 2 nitrogen and oxygen atoms in total. The quantitative estimate of drug-likeness (QED) is 0.727. The fourth-order valence-corrected chi connectivity index (χ4v) is 5.58. The lowest BCUT2D eigenvalue weighted by Gasteiger charge is -2.56. The molecule has 0 spiro atoms. The van der Waals surface area contributed by atoms with Crippen molar-refractivity contribution in [3.63, 3.8) is 0 Å². The van der Waals surface area contributed by atoms with E-state index in [0.717, 1.165) is 36.6 Å². The van der Waals surface area contributed by atoms with Crippen molar-refractivity contribution in [2.24, 2.45) is 28.2 Å². The third-order valence-electron chi connectivity index (χ3n) is 6.05. The number of aliphatic imine (C=N–C) groups is 1. The minimum atomic E-state index is 0.334. The molecule has 0 aromatic heterocycles. The number of nitrogens with zero attached hydrogens (tertiary/aromatic N) is 1. The van der Waals surface area contributed by atoms with Crippen molar-refractivity contribution in [1.29, 1.82) is 0 Å². The van der Waals surface area contributed by atoms with E-state index in [1.165, 1.54) is 57.1 Å². The molecule has 1 aliphatic heterocycles. The number of ether oxygens (including phenoxy) is 1. The molecule has 4 fully saturated rings. The Hall–Kier alpha value is -0.790. The van der Waals surface area contributed by atoms with E-state index in [2.05, 4.69) is 13.0 Å². The van der Waals surface area contributed by atoms with Crippen LogP contribution in [0.25, 0.3) is 0 Å². The number of unbranched alkanes of at least 4 members (excludes halogenated alkanes) is 1. The summed E-state index contributed by atoms with van der Waals surface area (Å²) in [6.07, 6.45) is 14.3. The molecule has 0 amide bonds. The van der Waals surface area contributed by atoms with E-state index < -0.39 is 0 Å². The maximum Gasteiger partial charge on any atom is 0.196 e. The zero-order valence-electron chi connectivity index (χ0n) is 12.7. The normalized spacial score (nSPS) is 42.1. The number of rotatable bonds is 4. The minimum absolute atomic E-state index is 0.334. The molecule has 0 unspecified atom stereocenters. The summed E-state index contributed by atoms with van der Waals surface area (Å²) in [5, 5.41) is 0. The fraction of sp³-hybridized carbons (Fsp3) is 0.833. The van der Waals surface area contributed by atoms with Crippen LogP contribution in [0.5, 0.6) is 0 Å². The summed E-state index contributed by atoms with van der Waals surface area (Å²) in [5.74, 6) is 5.24. The molecule has 0 aromatic rings. The maximum absolute atomic E-state index is 6.28. The van der Waals surface area contributed by atoms with Gasteiger partial charge in [-0.15, -0.1) is 0 Å². The second-order valence-electron chi connectivity index (χ2n) is 7.72. The van der Waals surface area contributed by atoms with Crippen molar-refractivity contribution in [2.45, 2.75) is 64.7 Å². The van der Waals surface area contributed by atoms with Gasteiger partial charge in [0.25, 0.3) is 0 Å². The van der Waals surface area contributed by atoms with E-state index in [1.54, 1.807) is 0 Å². The largest absolute Gasteiger partial charge is 0.447 e. The molecule has 0 radical (unpaired) electrons. The molecule has 2 heteroatoms. The van der Waals surface area contributed by atoms with Crippen LogP contribution in [-0.2, 0) is 4.74 Å². The van der Waals surface area contributed by atoms with Gasteiger partial charge in [-0.05, 0) is 68.8 Å². The molecule has 0 saturated heterocycles. The molecule has 110 valence electrons. The lowest BCUT2D eigenvalue weighted by atomic mass is 9.49. The first-order valence-corrected chi connectivity index (χ1v) is 8.69. The van der Waals surface area contributed by atoms with Crippen LogP contribution in [-0.4, -0.2) is 12.4 Å². The van der Waals surface area contributed by atoms with E-state index in [-0.39, 0.29) is 0 Å². The monoisotopic (exact) mass is 273 g/mol. The Morgan fingerprint density at radius 3 is 2.40 bits per heavy atom. The second kappa shape index (κ2) is 4.89. The van der Waals surface area contributed by atoms with Gasteiger partial charge in [0.2, 0.25) is 0 Å². The second-order valence-corrected chi connectivity index (χ2v) is 7.72. The lowest BCUT2D eigenvalue weighted by Crippen LogP contribution is -2.51. The van der Waals surface area contributed by atoms with Crippen molar-refractivity contribution in [3.05, 3.63) is 11.8 Å². The standard InChI is InChI=1S/C18H27NO/c1-2-3-4-16-5-6-19-17(20-16)18-10-13-7-14(11-18)9-15(8-13)12-18/h5,13-15H,2-4,6-12H2,1H3. The van der Waals surface area contributed by atoms with Gasteiger partial charge in [0.05, 0.1) is 6.54 Å². The first-order chi connectivity index (χ1) is 9.77. The zero-order chi connectivity index (χ0) is 13.6. The predicted octanol–water partition coefficient (Wildman–Crippen LogP) is 4.71. The minimum Gasteiger partial charge on any atom is -0.447 e. The summed E-state index contributed by atoms with van der Waals surface area (Å²) in [6, 6.07) is 0. The zero-order valence-corrected chi connectivity index (χ0v) is 12.7. The van der Waals surface area contributed by atoms with Crippen LogP contribution in [0.2, 0.25) is 0 Å². The Balaban J connectivity index is 1.51. The highest BCUT2D eigenvalue weighted by atomic mass is 16.5. The van der Waals surface area contributed by atoms with Gasteiger partial charge < -0.3 is 4.74 Å². The highest BCUT2D eigenvalue weighted by Crippen LogP contribution is 2.60. The summed E-state index contributed by atoms with van der Waals surface area (Å²) in [7, 11) is 0. The molecular formula is C18H27NO. The van der Waals surface area contributed by atoms with Crippen molar-refractivity contribution in [3.8, 4) is 0 Å². The van der Waals surface area contributed by atoms with Gasteiger partial charge in [-0.3, -0.25) is 4.99 Å². The van der Waals surface area contributed by atoms with Gasteiger partial charge in [0.1, 0.15) is 5.76 Å². The average molecular weight is 273 g/mol. The molecule has 4 aliphatic carbocycles. The topological polar surface area (TPSA) is 21.6 Å². The Morgan fingerprint density at radius 2 is 1.80 bits per heavy atom. The number of hydrogen-bond acceptors (Lipinski definition) is 2. The smallest absolute Gasteiger partial charge is 0.196 e. The maximum atomic E-state index is 6.28. The summed E-state index contributed by atoms with van der Waals surface area (Å²) in [6.45, 7) is 3.10. The highest BCUT2D eigenvalue weighted by Gasteiger charge is 2.54. The van der Waals surface area contributed by atoms with Crippen LogP contribution in [0.15, 0.2) is 16.8 Å². The molecular weight excluding hydrogens is 246 g/mol. The van der Waals surface area contributed by atoms with Gasteiger partial charge in [0.15, 0.2) is 5.90 Å². The molecule has 4 bridgehead atoms. The summed E-state index contributed by atoms with van der Waals surface area (Å²) in [4.78, 5) is 4.80. The molecule has 5 aliphatic rings. The van der Waals surface area contributed by atoms with Crippen LogP contribution < -0.4 is 0 Å². The first-order valence-electron chi connectivity index (χ1n) is 8.69. The van der Waals surface area contributed by atoms with Crippen molar-refractivity contribution in [2.75, 3.05) is 6.54 Å². The third-order valence-corrected chi connectivity index (χ3v) is 6.05. The summed E-state index contributed by atoms with van der Waals surface area (Å²) < 4.78 is 6.28. The predicted molar refractivity (Wildman–Crippen MR) is 81.6 cm³/mol. The Bertz CT molecular complexity index is 413. The van der Waals surface area contributed by atoms with Crippen LogP contribution >= 0.6 is 0 Å². The summed E-state index contributed by atoms with van der Waals surface area (Å²) >= 11 is 0. The van der Waals surface area contributed by atoms with E-state index in [0.29, 0.717) is 5.41 Å².